The fourth-order valence-corrected chi connectivity index (χ4v) is 2.52. The van der Waals surface area contributed by atoms with Gasteiger partial charge in [0.25, 0.3) is 0 Å². The number of amides is 2. The topological polar surface area (TPSA) is 76.7 Å². The lowest BCUT2D eigenvalue weighted by Crippen LogP contribution is -2.26. The van der Waals surface area contributed by atoms with Crippen molar-refractivity contribution in [2.24, 2.45) is 0 Å². The second kappa shape index (κ2) is 8.40. The van der Waals surface area contributed by atoms with Gasteiger partial charge in [0, 0.05) is 31.2 Å². The smallest absolute Gasteiger partial charge is 0.244 e. The van der Waals surface area contributed by atoms with E-state index in [0.29, 0.717) is 22.2 Å². The van der Waals surface area contributed by atoms with E-state index in [0.717, 1.165) is 5.56 Å². The van der Waals surface area contributed by atoms with Crippen LogP contribution in [0.1, 0.15) is 12.0 Å². The minimum absolute atomic E-state index is 0.121. The Bertz CT molecular complexity index is 837. The first-order valence-electron chi connectivity index (χ1n) is 8.02. The molecule has 1 heterocycles. The summed E-state index contributed by atoms with van der Waals surface area (Å²) >= 11 is 6.11. The van der Waals surface area contributed by atoms with Crippen molar-refractivity contribution in [3.8, 4) is 11.5 Å². The summed E-state index contributed by atoms with van der Waals surface area (Å²) < 4.78 is 10.5. The number of hydrogen-bond acceptors (Lipinski definition) is 4. The van der Waals surface area contributed by atoms with Crippen LogP contribution in [0.5, 0.6) is 11.5 Å². The number of anilines is 1. The molecule has 1 aliphatic rings. The van der Waals surface area contributed by atoms with Crippen LogP contribution >= 0.6 is 11.6 Å². The van der Waals surface area contributed by atoms with Gasteiger partial charge in [-0.1, -0.05) is 41.9 Å². The highest BCUT2D eigenvalue weighted by Gasteiger charge is 2.17. The molecule has 0 radical (unpaired) electrons. The van der Waals surface area contributed by atoms with Gasteiger partial charge in [-0.2, -0.15) is 0 Å². The van der Waals surface area contributed by atoms with E-state index >= 15 is 0 Å². The van der Waals surface area contributed by atoms with E-state index in [4.69, 9.17) is 21.1 Å². The summed E-state index contributed by atoms with van der Waals surface area (Å²) in [7, 11) is 0. The number of hydrogen-bond donors (Lipinski definition) is 2. The van der Waals surface area contributed by atoms with E-state index in [2.05, 4.69) is 10.6 Å². The highest BCUT2D eigenvalue weighted by Crippen LogP contribution is 2.39. The second-order valence-corrected chi connectivity index (χ2v) is 5.93. The van der Waals surface area contributed by atoms with Gasteiger partial charge in [0.05, 0.1) is 10.7 Å². The van der Waals surface area contributed by atoms with Gasteiger partial charge in [-0.05, 0) is 11.6 Å². The first-order chi connectivity index (χ1) is 12.6. The third-order valence-corrected chi connectivity index (χ3v) is 3.93. The Morgan fingerprint density at radius 1 is 1.12 bits per heavy atom. The number of fused-ring (bicyclic) bond motifs is 1. The molecular formula is C19H17ClN2O4. The molecule has 26 heavy (non-hydrogen) atoms. The van der Waals surface area contributed by atoms with Crippen molar-refractivity contribution in [3.05, 3.63) is 59.1 Å². The lowest BCUT2D eigenvalue weighted by Gasteiger charge is -2.08. The zero-order chi connectivity index (χ0) is 18.4. The highest BCUT2D eigenvalue weighted by molar-refractivity contribution is 6.34. The monoisotopic (exact) mass is 372 g/mol. The zero-order valence-electron chi connectivity index (χ0n) is 13.8. The molecule has 134 valence electrons. The van der Waals surface area contributed by atoms with E-state index in [1.807, 2.05) is 30.3 Å². The summed E-state index contributed by atoms with van der Waals surface area (Å²) in [6, 6.07) is 12.7. The molecule has 0 saturated heterocycles. The standard InChI is InChI=1S/C19H17ClN2O4/c20-14-10-16-17(26-12-25-16)11-15(14)22-19(24)8-9-21-18(23)7-6-13-4-2-1-3-5-13/h1-7,10-11H,8-9,12H2,(H,21,23)(H,22,24). The molecule has 0 atom stereocenters. The van der Waals surface area contributed by atoms with Gasteiger partial charge in [0.1, 0.15) is 0 Å². The van der Waals surface area contributed by atoms with E-state index in [-0.39, 0.29) is 31.6 Å². The molecule has 6 nitrogen and oxygen atoms in total. The maximum atomic E-state index is 12.0. The number of halogens is 1. The Labute approximate surface area is 155 Å². The van der Waals surface area contributed by atoms with E-state index < -0.39 is 0 Å². The Morgan fingerprint density at radius 2 is 1.85 bits per heavy atom. The van der Waals surface area contributed by atoms with Gasteiger partial charge in [-0.15, -0.1) is 0 Å². The van der Waals surface area contributed by atoms with Gasteiger partial charge in [-0.3, -0.25) is 9.59 Å². The molecule has 0 unspecified atom stereocenters. The van der Waals surface area contributed by atoms with Crippen molar-refractivity contribution < 1.29 is 19.1 Å². The lowest BCUT2D eigenvalue weighted by molar-refractivity contribution is -0.117. The summed E-state index contributed by atoms with van der Waals surface area (Å²) in [5.74, 6) is 0.551. The summed E-state index contributed by atoms with van der Waals surface area (Å²) in [4.78, 5) is 23.8. The highest BCUT2D eigenvalue weighted by atomic mass is 35.5. The predicted octanol–water partition coefficient (Wildman–Crippen LogP) is 3.23. The fraction of sp³-hybridized carbons (Fsp3) is 0.158. The molecule has 2 N–H and O–H groups in total. The molecule has 3 rings (SSSR count). The summed E-state index contributed by atoms with van der Waals surface area (Å²) in [6.07, 6.45) is 3.26. The average Bonchev–Trinajstić information content (AvgIpc) is 3.08. The van der Waals surface area contributed by atoms with Gasteiger partial charge < -0.3 is 20.1 Å². The van der Waals surface area contributed by atoms with Crippen molar-refractivity contribution in [1.29, 1.82) is 0 Å². The first kappa shape index (κ1) is 17.8. The van der Waals surface area contributed by atoms with E-state index in [9.17, 15) is 9.59 Å². The molecule has 0 aromatic heterocycles. The molecule has 0 saturated carbocycles. The Morgan fingerprint density at radius 3 is 2.62 bits per heavy atom. The van der Waals surface area contributed by atoms with E-state index in [1.54, 1.807) is 18.2 Å². The van der Waals surface area contributed by atoms with Gasteiger partial charge in [0.15, 0.2) is 11.5 Å². The maximum absolute atomic E-state index is 12.0. The minimum atomic E-state index is -0.266. The molecule has 2 amide bonds. The SMILES string of the molecule is O=C(C=Cc1ccccc1)NCCC(=O)Nc1cc2c(cc1Cl)OCO2. The molecule has 7 heteroatoms. The third kappa shape index (κ3) is 4.77. The van der Waals surface area contributed by atoms with Crippen LogP contribution in [0.2, 0.25) is 5.02 Å². The molecule has 0 spiro atoms. The van der Waals surface area contributed by atoms with Crippen LogP contribution in [-0.4, -0.2) is 25.2 Å². The maximum Gasteiger partial charge on any atom is 0.244 e. The van der Waals surface area contributed by atoms with Crippen molar-refractivity contribution in [3.63, 3.8) is 0 Å². The summed E-state index contributed by atoms with van der Waals surface area (Å²) in [5.41, 5.74) is 1.37. The van der Waals surface area contributed by atoms with Crippen LogP contribution in [0.4, 0.5) is 5.69 Å². The largest absolute Gasteiger partial charge is 0.454 e. The Hall–Kier alpha value is -2.99. The molecule has 2 aromatic carbocycles. The fourth-order valence-electron chi connectivity index (χ4n) is 2.32. The Balaban J connectivity index is 1.44. The molecule has 0 fully saturated rings. The average molecular weight is 373 g/mol. The zero-order valence-corrected chi connectivity index (χ0v) is 14.6. The molecule has 1 aliphatic heterocycles. The third-order valence-electron chi connectivity index (χ3n) is 3.61. The summed E-state index contributed by atoms with van der Waals surface area (Å²) in [5, 5.41) is 5.72. The number of rotatable bonds is 6. The van der Waals surface area contributed by atoms with Crippen LogP contribution in [0.15, 0.2) is 48.5 Å². The lowest BCUT2D eigenvalue weighted by atomic mass is 10.2. The van der Waals surface area contributed by atoms with Crippen molar-refractivity contribution in [1.82, 2.24) is 5.32 Å². The predicted molar refractivity (Wildman–Crippen MR) is 99.3 cm³/mol. The number of carbonyl (C=O) groups is 2. The number of carbonyl (C=O) groups excluding carboxylic acids is 2. The normalized spacial score (nSPS) is 12.2. The first-order valence-corrected chi connectivity index (χ1v) is 8.39. The molecule has 0 aliphatic carbocycles. The second-order valence-electron chi connectivity index (χ2n) is 5.52. The quantitative estimate of drug-likeness (QED) is 0.763. The summed E-state index contributed by atoms with van der Waals surface area (Å²) in [6.45, 7) is 0.345. The van der Waals surface area contributed by atoms with Crippen LogP contribution in [0.3, 0.4) is 0 Å². The molecule has 2 aromatic rings. The van der Waals surface area contributed by atoms with Crippen LogP contribution in [0, 0.1) is 0 Å². The van der Waals surface area contributed by atoms with Crippen molar-refractivity contribution in [2.45, 2.75) is 6.42 Å². The number of benzene rings is 2. The van der Waals surface area contributed by atoms with Crippen molar-refractivity contribution >= 4 is 35.2 Å². The molecular weight excluding hydrogens is 356 g/mol. The van der Waals surface area contributed by atoms with Crippen LogP contribution in [-0.2, 0) is 9.59 Å². The number of ether oxygens (including phenoxy) is 2. The Kier molecular flexibility index (Phi) is 5.76. The van der Waals surface area contributed by atoms with E-state index in [1.165, 1.54) is 6.08 Å². The van der Waals surface area contributed by atoms with Crippen molar-refractivity contribution in [2.75, 3.05) is 18.7 Å². The number of nitrogens with one attached hydrogen (secondary N) is 2. The van der Waals surface area contributed by atoms with Crippen LogP contribution in [0.25, 0.3) is 6.08 Å². The van der Waals surface area contributed by atoms with Gasteiger partial charge in [0.2, 0.25) is 18.6 Å². The van der Waals surface area contributed by atoms with Gasteiger partial charge >= 0.3 is 0 Å². The van der Waals surface area contributed by atoms with Crippen LogP contribution < -0.4 is 20.1 Å². The minimum Gasteiger partial charge on any atom is -0.454 e. The molecule has 0 bridgehead atoms. The van der Waals surface area contributed by atoms with Gasteiger partial charge in [-0.25, -0.2) is 0 Å².